The number of amides is 1. The normalized spacial score (nSPS) is 10.7. The van der Waals surface area contributed by atoms with Crippen molar-refractivity contribution in [1.82, 2.24) is 19.7 Å². The highest BCUT2D eigenvalue weighted by molar-refractivity contribution is 7.99. The molecule has 0 radical (unpaired) electrons. The molecule has 0 saturated carbocycles. The van der Waals surface area contributed by atoms with Crippen LogP contribution in [-0.2, 0) is 4.79 Å². The Morgan fingerprint density at radius 2 is 1.71 bits per heavy atom. The molecule has 1 heterocycles. The van der Waals surface area contributed by atoms with E-state index in [1.165, 1.54) is 11.8 Å². The number of nitrogens with zero attached hydrogens (tertiary/aromatic N) is 4. The van der Waals surface area contributed by atoms with Crippen LogP contribution in [0.5, 0.6) is 5.75 Å². The molecule has 1 aromatic heterocycles. The Labute approximate surface area is 169 Å². The van der Waals surface area contributed by atoms with Crippen molar-refractivity contribution in [3.05, 3.63) is 54.6 Å². The lowest BCUT2D eigenvalue weighted by Crippen LogP contribution is -2.31. The van der Waals surface area contributed by atoms with E-state index in [-0.39, 0.29) is 5.91 Å². The Hall–Kier alpha value is -2.80. The molecule has 7 heteroatoms. The summed E-state index contributed by atoms with van der Waals surface area (Å²) >= 11 is 1.40. The fraction of sp³-hybridized carbons (Fsp3) is 0.286. The van der Waals surface area contributed by atoms with E-state index in [0.717, 1.165) is 17.0 Å². The maximum atomic E-state index is 12.4. The van der Waals surface area contributed by atoms with Crippen LogP contribution in [0.15, 0.2) is 59.8 Å². The standard InChI is InChI=1S/C21H24N4O2S/c1-4-24(5-2)19(26)15-28-21-23-22-20(17-13-9-10-14-18(17)27-3)25(21)16-11-7-6-8-12-16/h6-14H,4-5,15H2,1-3H3. The Morgan fingerprint density at radius 3 is 2.39 bits per heavy atom. The molecular formula is C21H24N4O2S. The number of aromatic nitrogens is 3. The number of rotatable bonds is 8. The summed E-state index contributed by atoms with van der Waals surface area (Å²) in [6.45, 7) is 5.37. The largest absolute Gasteiger partial charge is 0.496 e. The van der Waals surface area contributed by atoms with E-state index in [0.29, 0.717) is 29.8 Å². The lowest BCUT2D eigenvalue weighted by molar-refractivity contribution is -0.127. The Kier molecular flexibility index (Phi) is 6.71. The maximum Gasteiger partial charge on any atom is 0.233 e. The van der Waals surface area contributed by atoms with Gasteiger partial charge in [-0.1, -0.05) is 42.1 Å². The molecule has 0 N–H and O–H groups in total. The van der Waals surface area contributed by atoms with Crippen LogP contribution in [-0.4, -0.2) is 51.5 Å². The van der Waals surface area contributed by atoms with Crippen LogP contribution >= 0.6 is 11.8 Å². The first-order chi connectivity index (χ1) is 13.7. The minimum absolute atomic E-state index is 0.0939. The smallest absolute Gasteiger partial charge is 0.233 e. The van der Waals surface area contributed by atoms with Gasteiger partial charge in [-0.05, 0) is 38.1 Å². The summed E-state index contributed by atoms with van der Waals surface area (Å²) in [4.78, 5) is 14.2. The van der Waals surface area contributed by atoms with Gasteiger partial charge in [-0.2, -0.15) is 0 Å². The van der Waals surface area contributed by atoms with E-state index in [9.17, 15) is 4.79 Å². The zero-order valence-corrected chi connectivity index (χ0v) is 17.1. The van der Waals surface area contributed by atoms with Crippen molar-refractivity contribution >= 4 is 17.7 Å². The van der Waals surface area contributed by atoms with Crippen molar-refractivity contribution in [2.75, 3.05) is 26.0 Å². The Bertz CT molecular complexity index is 923. The first-order valence-electron chi connectivity index (χ1n) is 9.24. The molecule has 3 rings (SSSR count). The highest BCUT2D eigenvalue weighted by Gasteiger charge is 2.20. The summed E-state index contributed by atoms with van der Waals surface area (Å²) in [5.74, 6) is 1.82. The Balaban J connectivity index is 2.00. The summed E-state index contributed by atoms with van der Waals surface area (Å²) in [6, 6.07) is 17.6. The average Bonchev–Trinajstić information content (AvgIpc) is 3.17. The van der Waals surface area contributed by atoms with Gasteiger partial charge >= 0.3 is 0 Å². The van der Waals surface area contributed by atoms with Gasteiger partial charge in [0.15, 0.2) is 11.0 Å². The monoisotopic (exact) mass is 396 g/mol. The van der Waals surface area contributed by atoms with Gasteiger partial charge in [0.25, 0.3) is 0 Å². The van der Waals surface area contributed by atoms with Gasteiger partial charge in [0, 0.05) is 18.8 Å². The lowest BCUT2D eigenvalue weighted by atomic mass is 10.2. The van der Waals surface area contributed by atoms with Crippen molar-refractivity contribution in [2.45, 2.75) is 19.0 Å². The Morgan fingerprint density at radius 1 is 1.04 bits per heavy atom. The molecule has 0 bridgehead atoms. The second kappa shape index (κ2) is 9.41. The van der Waals surface area contributed by atoms with Gasteiger partial charge < -0.3 is 9.64 Å². The molecule has 0 unspecified atom stereocenters. The van der Waals surface area contributed by atoms with Crippen LogP contribution in [0.1, 0.15) is 13.8 Å². The van der Waals surface area contributed by atoms with Crippen LogP contribution in [0.25, 0.3) is 17.1 Å². The number of hydrogen-bond acceptors (Lipinski definition) is 5. The van der Waals surface area contributed by atoms with Gasteiger partial charge in [-0.3, -0.25) is 9.36 Å². The molecule has 0 saturated heterocycles. The quantitative estimate of drug-likeness (QED) is 0.541. The molecule has 0 aliphatic heterocycles. The van der Waals surface area contributed by atoms with Gasteiger partial charge in [-0.15, -0.1) is 10.2 Å². The second-order valence-corrected chi connectivity index (χ2v) is 6.97. The second-order valence-electron chi connectivity index (χ2n) is 6.03. The van der Waals surface area contributed by atoms with Gasteiger partial charge in [0.05, 0.1) is 18.4 Å². The van der Waals surface area contributed by atoms with E-state index < -0.39 is 0 Å². The molecule has 2 aromatic carbocycles. The van der Waals surface area contributed by atoms with Gasteiger partial charge in [-0.25, -0.2) is 0 Å². The maximum absolute atomic E-state index is 12.4. The molecule has 6 nitrogen and oxygen atoms in total. The van der Waals surface area contributed by atoms with E-state index in [1.54, 1.807) is 7.11 Å². The van der Waals surface area contributed by atoms with Crippen molar-refractivity contribution in [3.63, 3.8) is 0 Å². The lowest BCUT2D eigenvalue weighted by Gasteiger charge is -2.18. The van der Waals surface area contributed by atoms with Gasteiger partial charge in [0.1, 0.15) is 5.75 Å². The molecule has 0 aliphatic rings. The summed E-state index contributed by atoms with van der Waals surface area (Å²) in [6.07, 6.45) is 0. The first-order valence-corrected chi connectivity index (χ1v) is 10.2. The van der Waals surface area contributed by atoms with Crippen molar-refractivity contribution < 1.29 is 9.53 Å². The molecule has 146 valence electrons. The highest BCUT2D eigenvalue weighted by Crippen LogP contribution is 2.33. The van der Waals surface area contributed by atoms with Crippen molar-refractivity contribution in [3.8, 4) is 22.8 Å². The number of ether oxygens (including phenoxy) is 1. The number of hydrogen-bond donors (Lipinski definition) is 0. The molecule has 0 fully saturated rings. The number of carbonyl (C=O) groups excluding carboxylic acids is 1. The average molecular weight is 397 g/mol. The van der Waals surface area contributed by atoms with E-state index in [4.69, 9.17) is 4.74 Å². The SMILES string of the molecule is CCN(CC)C(=O)CSc1nnc(-c2ccccc2OC)n1-c1ccccc1. The molecule has 1 amide bonds. The highest BCUT2D eigenvalue weighted by atomic mass is 32.2. The van der Waals surface area contributed by atoms with Crippen LogP contribution in [0, 0.1) is 0 Å². The van der Waals surface area contributed by atoms with Crippen LogP contribution in [0.2, 0.25) is 0 Å². The minimum Gasteiger partial charge on any atom is -0.496 e. The molecule has 0 atom stereocenters. The zero-order valence-electron chi connectivity index (χ0n) is 16.3. The predicted molar refractivity (Wildman–Crippen MR) is 112 cm³/mol. The predicted octanol–water partition coefficient (Wildman–Crippen LogP) is 3.90. The van der Waals surface area contributed by atoms with Crippen LogP contribution in [0.3, 0.4) is 0 Å². The fourth-order valence-corrected chi connectivity index (χ4v) is 3.83. The molecule has 3 aromatic rings. The molecule has 0 spiro atoms. The van der Waals surface area contributed by atoms with Gasteiger partial charge in [0.2, 0.25) is 5.91 Å². The van der Waals surface area contributed by atoms with Crippen molar-refractivity contribution in [2.24, 2.45) is 0 Å². The number of carbonyl (C=O) groups is 1. The number of thioether (sulfide) groups is 1. The topological polar surface area (TPSA) is 60.3 Å². The van der Waals surface area contributed by atoms with E-state index >= 15 is 0 Å². The zero-order chi connectivity index (χ0) is 19.9. The molecule has 0 aliphatic carbocycles. The summed E-state index contributed by atoms with van der Waals surface area (Å²) in [5, 5.41) is 9.47. The molecular weight excluding hydrogens is 372 g/mol. The van der Waals surface area contributed by atoms with Crippen LogP contribution < -0.4 is 4.74 Å². The number of para-hydroxylation sites is 2. The fourth-order valence-electron chi connectivity index (χ4n) is 2.97. The summed E-state index contributed by atoms with van der Waals surface area (Å²) in [7, 11) is 1.64. The number of benzene rings is 2. The summed E-state index contributed by atoms with van der Waals surface area (Å²) < 4.78 is 7.48. The van der Waals surface area contributed by atoms with Crippen LogP contribution in [0.4, 0.5) is 0 Å². The summed E-state index contributed by atoms with van der Waals surface area (Å²) in [5.41, 5.74) is 1.79. The third kappa shape index (κ3) is 4.20. The van der Waals surface area contributed by atoms with E-state index in [1.807, 2.05) is 77.9 Å². The first kappa shape index (κ1) is 19.9. The van der Waals surface area contributed by atoms with E-state index in [2.05, 4.69) is 10.2 Å². The third-order valence-corrected chi connectivity index (χ3v) is 5.35. The third-order valence-electron chi connectivity index (χ3n) is 4.44. The van der Waals surface area contributed by atoms with Crippen molar-refractivity contribution in [1.29, 1.82) is 0 Å². The number of methoxy groups -OCH3 is 1. The minimum atomic E-state index is 0.0939. The molecule has 28 heavy (non-hydrogen) atoms.